The number of halogens is 3. The maximum atomic E-state index is 14.0. The fourth-order valence-corrected chi connectivity index (χ4v) is 3.85. The van der Waals surface area contributed by atoms with Gasteiger partial charge in [0.05, 0.1) is 12.7 Å². The number of fused-ring (bicyclic) bond motifs is 1. The van der Waals surface area contributed by atoms with Gasteiger partial charge in [0, 0.05) is 11.6 Å². The van der Waals surface area contributed by atoms with Crippen molar-refractivity contribution in [3.8, 4) is 5.75 Å². The molecule has 0 saturated carbocycles. The molecule has 0 atom stereocenters. The Bertz CT molecular complexity index is 916. The van der Waals surface area contributed by atoms with Crippen molar-refractivity contribution in [3.05, 3.63) is 58.7 Å². The van der Waals surface area contributed by atoms with Gasteiger partial charge in [-0.3, -0.25) is 0 Å². The zero-order valence-electron chi connectivity index (χ0n) is 18.3. The molecule has 0 bridgehead atoms. The van der Waals surface area contributed by atoms with E-state index < -0.39 is 17.7 Å². The summed E-state index contributed by atoms with van der Waals surface area (Å²) in [4.78, 5) is 10.7. The molecule has 0 aromatic heterocycles. The summed E-state index contributed by atoms with van der Waals surface area (Å²) >= 11 is 0. The van der Waals surface area contributed by atoms with E-state index in [9.17, 15) is 18.0 Å². The van der Waals surface area contributed by atoms with Gasteiger partial charge in [-0.15, -0.1) is 0 Å². The quantitative estimate of drug-likeness (QED) is 0.431. The number of allylic oxidation sites excluding steroid dienone is 5. The summed E-state index contributed by atoms with van der Waals surface area (Å²) in [6, 6.07) is 3.35. The van der Waals surface area contributed by atoms with Crippen LogP contribution in [0.2, 0.25) is 0 Å². The number of aliphatic carboxylic acids is 1. The maximum absolute atomic E-state index is 14.0. The highest BCUT2D eigenvalue weighted by molar-refractivity contribution is 5.81. The first kappa shape index (κ1) is 23.8. The lowest BCUT2D eigenvalue weighted by molar-refractivity contribution is -0.131. The molecule has 0 aliphatic heterocycles. The van der Waals surface area contributed by atoms with Crippen LogP contribution in [0.3, 0.4) is 0 Å². The van der Waals surface area contributed by atoms with Gasteiger partial charge in [0.25, 0.3) is 0 Å². The van der Waals surface area contributed by atoms with Crippen molar-refractivity contribution in [2.75, 3.05) is 7.11 Å². The minimum absolute atomic E-state index is 0.0148. The van der Waals surface area contributed by atoms with Crippen molar-refractivity contribution in [3.63, 3.8) is 0 Å². The van der Waals surface area contributed by atoms with Gasteiger partial charge < -0.3 is 9.84 Å². The van der Waals surface area contributed by atoms with E-state index in [0.29, 0.717) is 5.57 Å². The predicted molar refractivity (Wildman–Crippen MR) is 113 cm³/mol. The first-order chi connectivity index (χ1) is 13.7. The molecular formula is C24H29F3O3. The summed E-state index contributed by atoms with van der Waals surface area (Å²) in [6.45, 7) is 9.81. The van der Waals surface area contributed by atoms with Crippen LogP contribution in [0.1, 0.15) is 64.2 Å². The third-order valence-electron chi connectivity index (χ3n) is 5.74. The average molecular weight is 422 g/mol. The lowest BCUT2D eigenvalue weighted by Gasteiger charge is -2.42. The topological polar surface area (TPSA) is 46.5 Å². The second kappa shape index (κ2) is 8.32. The van der Waals surface area contributed by atoms with Crippen LogP contribution in [0.15, 0.2) is 42.0 Å². The highest BCUT2D eigenvalue weighted by Gasteiger charge is 2.41. The number of ether oxygens (including phenoxy) is 1. The van der Waals surface area contributed by atoms with Crippen LogP contribution >= 0.6 is 0 Å². The lowest BCUT2D eigenvalue weighted by atomic mass is 9.62. The Hall–Kier alpha value is -2.50. The number of methoxy groups -OCH3 is 1. The first-order valence-electron chi connectivity index (χ1n) is 9.79. The van der Waals surface area contributed by atoms with E-state index in [1.54, 1.807) is 12.1 Å². The van der Waals surface area contributed by atoms with Gasteiger partial charge in [0.1, 0.15) is 5.75 Å². The van der Waals surface area contributed by atoms with E-state index in [-0.39, 0.29) is 22.1 Å². The number of alkyl halides is 3. The first-order valence-corrected chi connectivity index (χ1v) is 9.79. The number of rotatable bonds is 5. The summed E-state index contributed by atoms with van der Waals surface area (Å²) < 4.78 is 47.3. The lowest BCUT2D eigenvalue weighted by Crippen LogP contribution is -2.34. The van der Waals surface area contributed by atoms with E-state index >= 15 is 0 Å². The van der Waals surface area contributed by atoms with Gasteiger partial charge in [0.15, 0.2) is 0 Å². The van der Waals surface area contributed by atoms with Gasteiger partial charge in [-0.25, -0.2) is 4.79 Å². The van der Waals surface area contributed by atoms with Crippen molar-refractivity contribution in [1.29, 1.82) is 0 Å². The third kappa shape index (κ3) is 5.15. The number of carboxylic acid groups (broad SMARTS) is 1. The molecule has 2 rings (SSSR count). The van der Waals surface area contributed by atoms with Crippen molar-refractivity contribution in [2.45, 2.75) is 64.5 Å². The molecule has 6 heteroatoms. The molecule has 0 saturated heterocycles. The van der Waals surface area contributed by atoms with E-state index in [0.717, 1.165) is 36.1 Å². The number of carboxylic acids is 1. The molecule has 1 aliphatic rings. The number of carbonyl (C=O) groups is 1. The van der Waals surface area contributed by atoms with Crippen LogP contribution in [0.4, 0.5) is 13.2 Å². The number of benzene rings is 1. The minimum Gasteiger partial charge on any atom is -0.496 e. The van der Waals surface area contributed by atoms with Crippen molar-refractivity contribution in [1.82, 2.24) is 0 Å². The largest absolute Gasteiger partial charge is 0.496 e. The number of hydrogen-bond acceptors (Lipinski definition) is 2. The van der Waals surface area contributed by atoms with Crippen LogP contribution in [0.5, 0.6) is 5.75 Å². The second-order valence-corrected chi connectivity index (χ2v) is 9.03. The Morgan fingerprint density at radius 2 is 1.63 bits per heavy atom. The predicted octanol–water partition coefficient (Wildman–Crippen LogP) is 6.58. The molecule has 1 N–H and O–H groups in total. The summed E-state index contributed by atoms with van der Waals surface area (Å²) in [6.07, 6.45) is 1.65. The van der Waals surface area contributed by atoms with Gasteiger partial charge in [-0.1, -0.05) is 39.8 Å². The maximum Gasteiger partial charge on any atom is 0.417 e. The molecule has 1 aromatic rings. The molecule has 3 nitrogen and oxygen atoms in total. The Balaban J connectivity index is 2.69. The van der Waals surface area contributed by atoms with E-state index in [2.05, 4.69) is 13.8 Å². The molecule has 1 aromatic carbocycles. The third-order valence-corrected chi connectivity index (χ3v) is 5.74. The van der Waals surface area contributed by atoms with Gasteiger partial charge >= 0.3 is 12.1 Å². The summed E-state index contributed by atoms with van der Waals surface area (Å²) in [5.74, 6) is -0.979. The fraction of sp³-hybridized carbons (Fsp3) is 0.458. The van der Waals surface area contributed by atoms with Crippen LogP contribution in [0.25, 0.3) is 5.57 Å². The fourth-order valence-electron chi connectivity index (χ4n) is 3.85. The highest BCUT2D eigenvalue weighted by atomic mass is 19.4. The highest BCUT2D eigenvalue weighted by Crippen LogP contribution is 2.49. The molecular weight excluding hydrogens is 393 g/mol. The van der Waals surface area contributed by atoms with Crippen LogP contribution in [-0.2, 0) is 15.6 Å². The van der Waals surface area contributed by atoms with Gasteiger partial charge in [-0.2, -0.15) is 13.2 Å². The standard InChI is InChI=1S/C24H29F3O3/c1-15(12-21(28)29)8-7-9-17(24(25,26)27)16-13-18-19(14-20(16)30-6)23(4,5)11-10-22(18,2)3/h7-9,12-14H,10-11H2,1-6H3,(H,28,29). The normalized spacial score (nSPS) is 19.0. The van der Waals surface area contributed by atoms with E-state index in [1.165, 1.54) is 26.2 Å². The molecule has 30 heavy (non-hydrogen) atoms. The summed E-state index contributed by atoms with van der Waals surface area (Å²) in [7, 11) is 1.37. The molecule has 0 radical (unpaired) electrons. The van der Waals surface area contributed by atoms with E-state index in [4.69, 9.17) is 9.84 Å². The van der Waals surface area contributed by atoms with Gasteiger partial charge in [-0.05, 0) is 65.5 Å². The molecule has 0 fully saturated rings. The van der Waals surface area contributed by atoms with Crippen LogP contribution in [-0.4, -0.2) is 24.4 Å². The summed E-state index contributed by atoms with van der Waals surface area (Å²) in [5.41, 5.74) is 0.990. The van der Waals surface area contributed by atoms with Gasteiger partial charge in [0.2, 0.25) is 0 Å². The Morgan fingerprint density at radius 1 is 1.10 bits per heavy atom. The molecule has 0 unspecified atom stereocenters. The SMILES string of the molecule is COc1cc2c(cc1C(=CC=CC(C)=CC(=O)O)C(F)(F)F)C(C)(C)CCC2(C)C. The molecule has 0 heterocycles. The van der Waals surface area contributed by atoms with Crippen LogP contribution in [0, 0.1) is 0 Å². The average Bonchev–Trinajstić information content (AvgIpc) is 2.60. The monoisotopic (exact) mass is 422 g/mol. The second-order valence-electron chi connectivity index (χ2n) is 9.03. The minimum atomic E-state index is -4.61. The smallest absolute Gasteiger partial charge is 0.417 e. The van der Waals surface area contributed by atoms with E-state index in [1.807, 2.05) is 13.8 Å². The zero-order chi connectivity index (χ0) is 22.9. The van der Waals surface area contributed by atoms with Crippen LogP contribution < -0.4 is 4.74 Å². The van der Waals surface area contributed by atoms with Crippen molar-refractivity contribution >= 4 is 11.5 Å². The molecule has 164 valence electrons. The molecule has 0 amide bonds. The van der Waals surface area contributed by atoms with Crippen molar-refractivity contribution in [2.24, 2.45) is 0 Å². The Kier molecular flexibility index (Phi) is 6.60. The zero-order valence-corrected chi connectivity index (χ0v) is 18.3. The Morgan fingerprint density at radius 3 is 2.10 bits per heavy atom. The van der Waals surface area contributed by atoms with Crippen molar-refractivity contribution < 1.29 is 27.8 Å². The Labute approximate surface area is 175 Å². The molecule has 0 spiro atoms. The number of hydrogen-bond donors (Lipinski definition) is 1. The molecule has 1 aliphatic carbocycles. The summed E-state index contributed by atoms with van der Waals surface area (Å²) in [5, 5.41) is 8.75.